The van der Waals surface area contributed by atoms with Crippen LogP contribution in [0.1, 0.15) is 58.8 Å². The van der Waals surface area contributed by atoms with E-state index in [1.165, 1.54) is 32.1 Å². The van der Waals surface area contributed by atoms with Gasteiger partial charge in [0.25, 0.3) is 0 Å². The molecule has 1 unspecified atom stereocenters. The number of nitrogens with zero attached hydrogens (tertiary/aromatic N) is 1. The molecule has 1 saturated heterocycles. The molecule has 1 aliphatic heterocycles. The first-order valence-electron chi connectivity index (χ1n) is 8.23. The lowest BCUT2D eigenvalue weighted by molar-refractivity contribution is -0.139. The van der Waals surface area contributed by atoms with E-state index in [1.54, 1.807) is 0 Å². The van der Waals surface area contributed by atoms with E-state index >= 15 is 0 Å². The lowest BCUT2D eigenvalue weighted by Crippen LogP contribution is -2.54. The molecule has 1 aliphatic carbocycles. The summed E-state index contributed by atoms with van der Waals surface area (Å²) in [5.74, 6) is 1.64. The summed E-state index contributed by atoms with van der Waals surface area (Å²) in [5.41, 5.74) is 0. The Hall–Kier alpha value is -0.280. The molecular formula is C16H31ClN2O. The van der Waals surface area contributed by atoms with Gasteiger partial charge in [-0.15, -0.1) is 12.4 Å². The summed E-state index contributed by atoms with van der Waals surface area (Å²) in [4.78, 5) is 14.7. The number of piperazine rings is 1. The summed E-state index contributed by atoms with van der Waals surface area (Å²) in [7, 11) is 0. The van der Waals surface area contributed by atoms with E-state index < -0.39 is 0 Å². The van der Waals surface area contributed by atoms with Gasteiger partial charge in [-0.1, -0.05) is 26.2 Å². The molecule has 1 heterocycles. The van der Waals surface area contributed by atoms with Gasteiger partial charge in [-0.05, 0) is 38.5 Å². The van der Waals surface area contributed by atoms with Crippen LogP contribution < -0.4 is 5.32 Å². The number of hydrogen-bond donors (Lipinski definition) is 1. The average molecular weight is 303 g/mol. The highest BCUT2D eigenvalue weighted by Gasteiger charge is 2.32. The molecule has 3 nitrogen and oxygen atoms in total. The predicted molar refractivity (Wildman–Crippen MR) is 86.3 cm³/mol. The minimum absolute atomic E-state index is 0. The molecule has 0 aromatic heterocycles. The third-order valence-corrected chi connectivity index (χ3v) is 4.95. The van der Waals surface area contributed by atoms with Crippen LogP contribution in [0, 0.1) is 11.8 Å². The van der Waals surface area contributed by atoms with Crippen LogP contribution in [0.5, 0.6) is 0 Å². The molecule has 1 atom stereocenters. The maximum atomic E-state index is 12.6. The van der Waals surface area contributed by atoms with Crippen LogP contribution in [0.15, 0.2) is 0 Å². The first kappa shape index (κ1) is 17.8. The quantitative estimate of drug-likeness (QED) is 0.865. The summed E-state index contributed by atoms with van der Waals surface area (Å²) in [6.45, 7) is 7.24. The van der Waals surface area contributed by atoms with Crippen molar-refractivity contribution >= 4 is 18.3 Å². The highest BCUT2D eigenvalue weighted by atomic mass is 35.5. The van der Waals surface area contributed by atoms with Gasteiger partial charge in [0.05, 0.1) is 0 Å². The molecule has 20 heavy (non-hydrogen) atoms. The molecular weight excluding hydrogens is 272 g/mol. The molecule has 2 aliphatic rings. The number of hydrogen-bond acceptors (Lipinski definition) is 2. The van der Waals surface area contributed by atoms with Crippen molar-refractivity contribution in [2.75, 3.05) is 19.6 Å². The molecule has 0 bridgehead atoms. The van der Waals surface area contributed by atoms with Crippen LogP contribution in [-0.4, -0.2) is 36.5 Å². The highest BCUT2D eigenvalue weighted by molar-refractivity contribution is 5.85. The van der Waals surface area contributed by atoms with Gasteiger partial charge in [0, 0.05) is 31.6 Å². The van der Waals surface area contributed by atoms with Crippen LogP contribution in [0.4, 0.5) is 0 Å². The molecule has 2 rings (SSSR count). The number of carbonyl (C=O) groups is 1. The minimum Gasteiger partial charge on any atom is -0.337 e. The van der Waals surface area contributed by atoms with Crippen molar-refractivity contribution < 1.29 is 4.79 Å². The van der Waals surface area contributed by atoms with Gasteiger partial charge in [-0.3, -0.25) is 4.79 Å². The van der Waals surface area contributed by atoms with E-state index in [4.69, 9.17) is 0 Å². The molecule has 0 aromatic rings. The molecule has 0 spiro atoms. The molecule has 1 saturated carbocycles. The number of halogens is 1. The standard InChI is InChI=1S/C16H30N2O.ClH/c1-3-4-5-14-6-8-15(9-7-14)16(19)18-11-10-17-12-13(18)2;/h13-15,17H,3-12H2,1-2H3;1H. The zero-order valence-corrected chi connectivity index (χ0v) is 13.9. The van der Waals surface area contributed by atoms with E-state index in [1.807, 2.05) is 0 Å². The SMILES string of the molecule is CCCCC1CCC(C(=O)N2CCNCC2C)CC1.Cl. The first-order chi connectivity index (χ1) is 9.22. The Morgan fingerprint density at radius 3 is 2.55 bits per heavy atom. The van der Waals surface area contributed by atoms with Crippen LogP contribution in [0.2, 0.25) is 0 Å². The van der Waals surface area contributed by atoms with Crippen molar-refractivity contribution in [1.82, 2.24) is 10.2 Å². The van der Waals surface area contributed by atoms with Gasteiger partial charge in [0.1, 0.15) is 0 Å². The predicted octanol–water partition coefficient (Wildman–Crippen LogP) is 3.23. The summed E-state index contributed by atoms with van der Waals surface area (Å²) in [5, 5.41) is 3.36. The summed E-state index contributed by atoms with van der Waals surface area (Å²) in [6.07, 6.45) is 8.85. The molecule has 4 heteroatoms. The van der Waals surface area contributed by atoms with Crippen LogP contribution in [0.25, 0.3) is 0 Å². The monoisotopic (exact) mass is 302 g/mol. The molecule has 0 radical (unpaired) electrons. The second-order valence-corrected chi connectivity index (χ2v) is 6.44. The van der Waals surface area contributed by atoms with Crippen LogP contribution in [0.3, 0.4) is 0 Å². The topological polar surface area (TPSA) is 32.3 Å². The van der Waals surface area contributed by atoms with Gasteiger partial charge >= 0.3 is 0 Å². The first-order valence-corrected chi connectivity index (χ1v) is 8.23. The van der Waals surface area contributed by atoms with Crippen molar-refractivity contribution in [3.05, 3.63) is 0 Å². The normalized spacial score (nSPS) is 30.7. The fraction of sp³-hybridized carbons (Fsp3) is 0.938. The zero-order chi connectivity index (χ0) is 13.7. The van der Waals surface area contributed by atoms with Crippen molar-refractivity contribution in [2.24, 2.45) is 11.8 Å². The Kier molecular flexibility index (Phi) is 7.90. The maximum Gasteiger partial charge on any atom is 0.226 e. The number of carbonyl (C=O) groups excluding carboxylic acids is 1. The summed E-state index contributed by atoms with van der Waals surface area (Å²) in [6, 6.07) is 0.374. The third kappa shape index (κ3) is 4.63. The second kappa shape index (κ2) is 8.89. The zero-order valence-electron chi connectivity index (χ0n) is 13.1. The molecule has 1 N–H and O–H groups in total. The van der Waals surface area contributed by atoms with E-state index in [9.17, 15) is 4.79 Å². The molecule has 2 fully saturated rings. The van der Waals surface area contributed by atoms with Crippen molar-refractivity contribution in [3.8, 4) is 0 Å². The van der Waals surface area contributed by atoms with Crippen molar-refractivity contribution in [2.45, 2.75) is 64.8 Å². The van der Waals surface area contributed by atoms with E-state index in [-0.39, 0.29) is 12.4 Å². The Labute approximate surface area is 130 Å². The molecule has 1 amide bonds. The van der Waals surface area contributed by atoms with Gasteiger partial charge in [-0.25, -0.2) is 0 Å². The summed E-state index contributed by atoms with van der Waals surface area (Å²) < 4.78 is 0. The van der Waals surface area contributed by atoms with Gasteiger partial charge in [0.15, 0.2) is 0 Å². The lowest BCUT2D eigenvalue weighted by Gasteiger charge is -2.38. The average Bonchev–Trinajstić information content (AvgIpc) is 2.45. The van der Waals surface area contributed by atoms with Crippen molar-refractivity contribution in [3.63, 3.8) is 0 Å². The molecule has 118 valence electrons. The Morgan fingerprint density at radius 2 is 1.95 bits per heavy atom. The highest BCUT2D eigenvalue weighted by Crippen LogP contribution is 2.33. The fourth-order valence-electron chi connectivity index (χ4n) is 3.59. The van der Waals surface area contributed by atoms with Crippen LogP contribution >= 0.6 is 12.4 Å². The van der Waals surface area contributed by atoms with Gasteiger partial charge in [0.2, 0.25) is 5.91 Å². The van der Waals surface area contributed by atoms with Crippen LogP contribution in [-0.2, 0) is 4.79 Å². The van der Waals surface area contributed by atoms with Gasteiger partial charge in [-0.2, -0.15) is 0 Å². The summed E-state index contributed by atoms with van der Waals surface area (Å²) >= 11 is 0. The molecule has 0 aromatic carbocycles. The minimum atomic E-state index is 0. The number of rotatable bonds is 4. The number of unbranched alkanes of at least 4 members (excludes halogenated alkanes) is 1. The van der Waals surface area contributed by atoms with Crippen molar-refractivity contribution in [1.29, 1.82) is 0 Å². The second-order valence-electron chi connectivity index (χ2n) is 6.44. The Morgan fingerprint density at radius 1 is 1.25 bits per heavy atom. The largest absolute Gasteiger partial charge is 0.337 e. The Balaban J connectivity index is 0.00000200. The maximum absolute atomic E-state index is 12.6. The van der Waals surface area contributed by atoms with E-state index in [2.05, 4.69) is 24.1 Å². The van der Waals surface area contributed by atoms with Gasteiger partial charge < -0.3 is 10.2 Å². The smallest absolute Gasteiger partial charge is 0.226 e. The van der Waals surface area contributed by atoms with E-state index in [0.717, 1.165) is 38.4 Å². The third-order valence-electron chi connectivity index (χ3n) is 4.95. The number of amides is 1. The van der Waals surface area contributed by atoms with E-state index in [0.29, 0.717) is 17.9 Å². The Bertz CT molecular complexity index is 290. The lowest BCUT2D eigenvalue weighted by atomic mass is 9.79. The fourth-order valence-corrected chi connectivity index (χ4v) is 3.59. The number of nitrogens with one attached hydrogen (secondary N) is 1.